The lowest BCUT2D eigenvalue weighted by Gasteiger charge is -2.32. The van der Waals surface area contributed by atoms with Crippen LogP contribution in [0.5, 0.6) is 0 Å². The minimum Gasteiger partial charge on any atom is -0.481 e. The molecule has 1 N–H and O–H groups in total. The number of aliphatic carboxylic acids is 1. The second-order valence-corrected chi connectivity index (χ2v) is 6.27. The normalized spacial score (nSPS) is 16.1. The molecule has 1 saturated heterocycles. The number of carbonyl (C=O) groups is 3. The molecule has 1 fully saturated rings. The zero-order valence-corrected chi connectivity index (χ0v) is 13.0. The predicted molar refractivity (Wildman–Crippen MR) is 81.6 cm³/mol. The Hall–Kier alpha value is -2.37. The lowest BCUT2D eigenvalue weighted by molar-refractivity contribution is -0.146. The van der Waals surface area contributed by atoms with E-state index in [2.05, 4.69) is 0 Å². The van der Waals surface area contributed by atoms with Crippen LogP contribution in [-0.4, -0.2) is 47.9 Å². The molecule has 0 radical (unpaired) electrons. The van der Waals surface area contributed by atoms with Crippen LogP contribution in [0.2, 0.25) is 0 Å². The second-order valence-electron chi connectivity index (χ2n) is 6.27. The zero-order valence-electron chi connectivity index (χ0n) is 13.0. The summed E-state index contributed by atoms with van der Waals surface area (Å²) in [5, 5.41) is 9.21. The first-order valence-electron chi connectivity index (χ1n) is 7.07. The Morgan fingerprint density at radius 2 is 1.91 bits per heavy atom. The molecule has 1 aromatic rings. The molecule has 118 valence electrons. The summed E-state index contributed by atoms with van der Waals surface area (Å²) in [4.78, 5) is 37.9. The Kier molecular flexibility index (Phi) is 4.21. The van der Waals surface area contributed by atoms with Crippen molar-refractivity contribution in [2.24, 2.45) is 5.41 Å². The third-order valence-electron chi connectivity index (χ3n) is 3.84. The predicted octanol–water partition coefficient (Wildman–Crippen LogP) is 1.14. The summed E-state index contributed by atoms with van der Waals surface area (Å²) in [6.45, 7) is 3.39. The molecule has 1 aliphatic rings. The van der Waals surface area contributed by atoms with Crippen molar-refractivity contribution >= 4 is 23.5 Å². The maximum atomic E-state index is 12.1. The number of rotatable bonds is 4. The van der Waals surface area contributed by atoms with Gasteiger partial charge in [-0.3, -0.25) is 14.4 Å². The molecule has 22 heavy (non-hydrogen) atoms. The van der Waals surface area contributed by atoms with Gasteiger partial charge in [-0.25, -0.2) is 0 Å². The number of amides is 2. The lowest BCUT2D eigenvalue weighted by Crippen LogP contribution is -2.52. The topological polar surface area (TPSA) is 77.9 Å². The molecule has 6 heteroatoms. The number of benzene rings is 1. The summed E-state index contributed by atoms with van der Waals surface area (Å²) in [6.07, 6.45) is 0.353. The number of likely N-dealkylation sites (N-methyl/N-ethyl adjacent to an activating group) is 1. The third-order valence-corrected chi connectivity index (χ3v) is 3.84. The van der Waals surface area contributed by atoms with Crippen LogP contribution >= 0.6 is 0 Å². The number of carboxylic acid groups (broad SMARTS) is 1. The van der Waals surface area contributed by atoms with Gasteiger partial charge in [0.1, 0.15) is 6.54 Å². The van der Waals surface area contributed by atoms with Gasteiger partial charge in [-0.1, -0.05) is 12.1 Å². The van der Waals surface area contributed by atoms with Crippen molar-refractivity contribution in [2.45, 2.75) is 20.3 Å². The van der Waals surface area contributed by atoms with Crippen molar-refractivity contribution in [3.05, 3.63) is 29.8 Å². The first kappa shape index (κ1) is 16.0. The molecule has 0 saturated carbocycles. The van der Waals surface area contributed by atoms with Gasteiger partial charge in [-0.2, -0.15) is 0 Å². The highest BCUT2D eigenvalue weighted by Gasteiger charge is 2.30. The molecule has 0 unspecified atom stereocenters. The fraction of sp³-hybridized carbons (Fsp3) is 0.438. The second kappa shape index (κ2) is 5.79. The number of anilines is 1. The van der Waals surface area contributed by atoms with Crippen molar-refractivity contribution in [1.29, 1.82) is 0 Å². The summed E-state index contributed by atoms with van der Waals surface area (Å²) in [6, 6.07) is 7.14. The SMILES string of the molecule is CN1CC(=O)N(c2cccc(CC(C)(C)C(=O)O)c2)CC1=O. The van der Waals surface area contributed by atoms with Gasteiger partial charge >= 0.3 is 5.97 Å². The lowest BCUT2D eigenvalue weighted by atomic mass is 9.86. The molecular formula is C16H20N2O4. The smallest absolute Gasteiger partial charge is 0.309 e. The number of carboxylic acids is 1. The van der Waals surface area contributed by atoms with Gasteiger partial charge in [0.25, 0.3) is 0 Å². The van der Waals surface area contributed by atoms with Gasteiger partial charge < -0.3 is 14.9 Å². The molecule has 1 aromatic carbocycles. The van der Waals surface area contributed by atoms with E-state index in [1.807, 2.05) is 6.07 Å². The van der Waals surface area contributed by atoms with E-state index >= 15 is 0 Å². The summed E-state index contributed by atoms with van der Waals surface area (Å²) in [5.74, 6) is -1.13. The van der Waals surface area contributed by atoms with Gasteiger partial charge in [-0.05, 0) is 38.0 Å². The van der Waals surface area contributed by atoms with Gasteiger partial charge in [0.2, 0.25) is 11.8 Å². The average Bonchev–Trinajstić information content (AvgIpc) is 2.42. The van der Waals surface area contributed by atoms with Crippen molar-refractivity contribution in [3.63, 3.8) is 0 Å². The van der Waals surface area contributed by atoms with E-state index in [1.54, 1.807) is 39.1 Å². The maximum Gasteiger partial charge on any atom is 0.309 e. The molecule has 0 spiro atoms. The van der Waals surface area contributed by atoms with E-state index in [0.29, 0.717) is 12.1 Å². The van der Waals surface area contributed by atoms with Crippen LogP contribution in [0.3, 0.4) is 0 Å². The van der Waals surface area contributed by atoms with Crippen LogP contribution in [0.25, 0.3) is 0 Å². The number of hydrogen-bond donors (Lipinski definition) is 1. The van der Waals surface area contributed by atoms with Gasteiger partial charge in [-0.15, -0.1) is 0 Å². The van der Waals surface area contributed by atoms with Gasteiger partial charge in [0.05, 0.1) is 12.0 Å². The summed E-state index contributed by atoms with van der Waals surface area (Å²) in [7, 11) is 1.60. The Labute approximate surface area is 129 Å². The molecule has 0 aliphatic carbocycles. The Morgan fingerprint density at radius 1 is 1.23 bits per heavy atom. The van der Waals surface area contributed by atoms with Crippen molar-refractivity contribution < 1.29 is 19.5 Å². The standard InChI is InChI=1S/C16H20N2O4/c1-16(2,15(21)22)8-11-5-4-6-12(7-11)18-10-13(19)17(3)9-14(18)20/h4-7H,8-10H2,1-3H3,(H,21,22). The maximum absolute atomic E-state index is 12.1. The van der Waals surface area contributed by atoms with E-state index in [9.17, 15) is 19.5 Å². The summed E-state index contributed by atoms with van der Waals surface area (Å²) < 4.78 is 0. The Morgan fingerprint density at radius 3 is 2.55 bits per heavy atom. The molecule has 1 heterocycles. The fourth-order valence-corrected chi connectivity index (χ4v) is 2.38. The molecule has 2 amide bonds. The van der Waals surface area contributed by atoms with Crippen LogP contribution in [-0.2, 0) is 20.8 Å². The minimum atomic E-state index is -0.888. The highest BCUT2D eigenvalue weighted by atomic mass is 16.4. The van der Waals surface area contributed by atoms with Crippen LogP contribution in [0.1, 0.15) is 19.4 Å². The molecule has 0 aromatic heterocycles. The molecular weight excluding hydrogens is 284 g/mol. The number of piperazine rings is 1. The van der Waals surface area contributed by atoms with E-state index in [4.69, 9.17) is 0 Å². The largest absolute Gasteiger partial charge is 0.481 e. The van der Waals surface area contributed by atoms with Crippen LogP contribution in [0, 0.1) is 5.41 Å². The Bertz CT molecular complexity index is 624. The third kappa shape index (κ3) is 3.27. The molecule has 1 aliphatic heterocycles. The quantitative estimate of drug-likeness (QED) is 0.905. The van der Waals surface area contributed by atoms with E-state index in [0.717, 1.165) is 5.56 Å². The van der Waals surface area contributed by atoms with Crippen LogP contribution < -0.4 is 4.90 Å². The first-order chi connectivity index (χ1) is 10.2. The fourth-order valence-electron chi connectivity index (χ4n) is 2.38. The number of hydrogen-bond acceptors (Lipinski definition) is 3. The van der Waals surface area contributed by atoms with Gasteiger partial charge in [0.15, 0.2) is 0 Å². The summed E-state index contributed by atoms with van der Waals surface area (Å²) in [5.41, 5.74) is 0.565. The van der Waals surface area contributed by atoms with Crippen molar-refractivity contribution in [1.82, 2.24) is 4.90 Å². The van der Waals surface area contributed by atoms with E-state index < -0.39 is 11.4 Å². The number of carbonyl (C=O) groups excluding carboxylic acids is 2. The molecule has 2 rings (SSSR count). The van der Waals surface area contributed by atoms with E-state index in [1.165, 1.54) is 9.80 Å². The average molecular weight is 304 g/mol. The zero-order chi connectivity index (χ0) is 16.5. The van der Waals surface area contributed by atoms with E-state index in [-0.39, 0.29) is 24.9 Å². The summed E-state index contributed by atoms with van der Waals surface area (Å²) >= 11 is 0. The molecule has 0 atom stereocenters. The Balaban J connectivity index is 2.23. The highest BCUT2D eigenvalue weighted by molar-refractivity contribution is 6.04. The molecule has 6 nitrogen and oxygen atoms in total. The minimum absolute atomic E-state index is 0.0150. The molecule has 0 bridgehead atoms. The van der Waals surface area contributed by atoms with Crippen LogP contribution in [0.15, 0.2) is 24.3 Å². The van der Waals surface area contributed by atoms with Crippen molar-refractivity contribution in [2.75, 3.05) is 25.0 Å². The number of nitrogens with zero attached hydrogens (tertiary/aromatic N) is 2. The monoisotopic (exact) mass is 304 g/mol. The first-order valence-corrected chi connectivity index (χ1v) is 7.07. The van der Waals surface area contributed by atoms with Crippen molar-refractivity contribution in [3.8, 4) is 0 Å². The van der Waals surface area contributed by atoms with Gasteiger partial charge in [0, 0.05) is 12.7 Å². The highest BCUT2D eigenvalue weighted by Crippen LogP contribution is 2.25. The van der Waals surface area contributed by atoms with Crippen LogP contribution in [0.4, 0.5) is 5.69 Å².